The molecule has 28 heavy (non-hydrogen) atoms. The highest BCUT2D eigenvalue weighted by molar-refractivity contribution is 6.22. The summed E-state index contributed by atoms with van der Waals surface area (Å²) in [6.07, 6.45) is 8.47. The summed E-state index contributed by atoms with van der Waals surface area (Å²) in [5.74, 6) is 1.35. The Morgan fingerprint density at radius 1 is 1.32 bits per heavy atom. The Morgan fingerprint density at radius 2 is 2.00 bits per heavy atom. The zero-order valence-electron chi connectivity index (χ0n) is 18.3. The van der Waals surface area contributed by atoms with E-state index < -0.39 is 5.72 Å². The molecule has 0 spiro atoms. The lowest BCUT2D eigenvalue weighted by atomic mass is 9.55. The number of Topliss-reactive ketones (excluding diaryl/α,β-unsaturated/α-hetero) is 1. The van der Waals surface area contributed by atoms with Crippen LogP contribution in [0.15, 0.2) is 34.9 Å². The fourth-order valence-electron chi connectivity index (χ4n) is 5.97. The molecule has 1 amide bonds. The summed E-state index contributed by atoms with van der Waals surface area (Å²) in [6.45, 7) is 12.7. The molecule has 1 N–H and O–H groups in total. The van der Waals surface area contributed by atoms with Gasteiger partial charge in [-0.15, -0.1) is 0 Å². The van der Waals surface area contributed by atoms with Crippen molar-refractivity contribution in [3.05, 3.63) is 34.9 Å². The molecule has 7 unspecified atom stereocenters. The summed E-state index contributed by atoms with van der Waals surface area (Å²) in [4.78, 5) is 26.5. The van der Waals surface area contributed by atoms with Gasteiger partial charge < -0.3 is 10.1 Å². The van der Waals surface area contributed by atoms with Crippen molar-refractivity contribution >= 4 is 11.7 Å². The second-order valence-corrected chi connectivity index (χ2v) is 9.43. The number of hydrogen-bond donors (Lipinski definition) is 1. The van der Waals surface area contributed by atoms with Crippen LogP contribution in [0.5, 0.6) is 0 Å². The Bertz CT molecular complexity index is 762. The van der Waals surface area contributed by atoms with Crippen LogP contribution in [0.2, 0.25) is 0 Å². The molecule has 0 radical (unpaired) electrons. The largest absolute Gasteiger partial charge is 0.356 e. The van der Waals surface area contributed by atoms with Gasteiger partial charge in [0.05, 0.1) is 5.57 Å². The van der Waals surface area contributed by atoms with E-state index in [9.17, 15) is 9.59 Å². The summed E-state index contributed by atoms with van der Waals surface area (Å²) in [7, 11) is 1.55. The van der Waals surface area contributed by atoms with Gasteiger partial charge in [-0.1, -0.05) is 37.1 Å². The summed E-state index contributed by atoms with van der Waals surface area (Å²) in [6, 6.07) is 0. The SMILES string of the molecule is CC=C(C)C1C(C)=CC2CC(C)CC(C)C2C1C(=O)C1=CC(C)(OC)NC1=O. The van der Waals surface area contributed by atoms with E-state index >= 15 is 0 Å². The first-order valence-corrected chi connectivity index (χ1v) is 10.6. The van der Waals surface area contributed by atoms with Gasteiger partial charge in [-0.25, -0.2) is 0 Å². The molecular weight excluding hydrogens is 350 g/mol. The summed E-state index contributed by atoms with van der Waals surface area (Å²) in [5.41, 5.74) is 1.84. The number of carbonyl (C=O) groups excluding carboxylic acids is 2. The third kappa shape index (κ3) is 3.52. The number of ketones is 1. The first-order chi connectivity index (χ1) is 13.1. The van der Waals surface area contributed by atoms with Crippen LogP contribution in [0, 0.1) is 35.5 Å². The van der Waals surface area contributed by atoms with Crippen LogP contribution < -0.4 is 5.32 Å². The van der Waals surface area contributed by atoms with Crippen LogP contribution in [0.25, 0.3) is 0 Å². The number of nitrogens with one attached hydrogen (secondary N) is 1. The minimum Gasteiger partial charge on any atom is -0.356 e. The number of rotatable bonds is 4. The molecule has 2 aliphatic carbocycles. The third-order valence-corrected chi connectivity index (χ3v) is 7.31. The molecule has 1 heterocycles. The van der Waals surface area contributed by atoms with Crippen molar-refractivity contribution in [3.63, 3.8) is 0 Å². The third-order valence-electron chi connectivity index (χ3n) is 7.31. The van der Waals surface area contributed by atoms with Crippen LogP contribution in [-0.2, 0) is 14.3 Å². The van der Waals surface area contributed by atoms with E-state index in [4.69, 9.17) is 4.74 Å². The van der Waals surface area contributed by atoms with Crippen molar-refractivity contribution < 1.29 is 14.3 Å². The first kappa shape index (κ1) is 21.0. The van der Waals surface area contributed by atoms with Gasteiger partial charge in [0, 0.05) is 18.9 Å². The lowest BCUT2D eigenvalue weighted by Gasteiger charge is -2.48. The number of allylic oxidation sites excluding steroid dienone is 4. The molecule has 1 saturated carbocycles. The van der Waals surface area contributed by atoms with Gasteiger partial charge in [-0.05, 0) is 70.3 Å². The van der Waals surface area contributed by atoms with Gasteiger partial charge in [0.25, 0.3) is 5.91 Å². The Labute approximate surface area is 169 Å². The Hall–Kier alpha value is -1.68. The molecule has 154 valence electrons. The topological polar surface area (TPSA) is 55.4 Å². The van der Waals surface area contributed by atoms with E-state index in [-0.39, 0.29) is 35.0 Å². The van der Waals surface area contributed by atoms with Gasteiger partial charge in [0.2, 0.25) is 0 Å². The van der Waals surface area contributed by atoms with Crippen molar-refractivity contribution in [3.8, 4) is 0 Å². The molecule has 7 atom stereocenters. The van der Waals surface area contributed by atoms with E-state index in [2.05, 4.69) is 45.2 Å². The zero-order chi connectivity index (χ0) is 20.8. The molecule has 0 bridgehead atoms. The Morgan fingerprint density at radius 3 is 2.57 bits per heavy atom. The highest BCUT2D eigenvalue weighted by atomic mass is 16.5. The quantitative estimate of drug-likeness (QED) is 0.575. The second-order valence-electron chi connectivity index (χ2n) is 9.43. The van der Waals surface area contributed by atoms with Crippen molar-refractivity contribution in [2.45, 2.75) is 60.1 Å². The summed E-state index contributed by atoms with van der Waals surface area (Å²) < 4.78 is 5.41. The van der Waals surface area contributed by atoms with Crippen LogP contribution in [0.1, 0.15) is 54.4 Å². The van der Waals surface area contributed by atoms with E-state index in [1.54, 1.807) is 20.1 Å². The lowest BCUT2D eigenvalue weighted by molar-refractivity contribution is -0.128. The highest BCUT2D eigenvalue weighted by Gasteiger charge is 2.50. The summed E-state index contributed by atoms with van der Waals surface area (Å²) in [5, 5.41) is 2.81. The van der Waals surface area contributed by atoms with Crippen molar-refractivity contribution in [1.29, 1.82) is 0 Å². The molecule has 0 saturated heterocycles. The minimum absolute atomic E-state index is 0.0201. The van der Waals surface area contributed by atoms with E-state index in [1.165, 1.54) is 11.1 Å². The van der Waals surface area contributed by atoms with Gasteiger partial charge >= 0.3 is 0 Å². The standard InChI is InChI=1S/C24H35NO3/c1-8-14(3)19-16(5)11-17-10-13(2)9-15(4)20(17)21(19)22(26)18-12-24(6,28-7)25-23(18)27/h8,11-13,15,17,19-21H,9-10H2,1-7H3,(H,25,27). The maximum atomic E-state index is 13.8. The van der Waals surface area contributed by atoms with Gasteiger partial charge in [0.1, 0.15) is 0 Å². The van der Waals surface area contributed by atoms with Gasteiger partial charge in [0.15, 0.2) is 11.5 Å². The van der Waals surface area contributed by atoms with Crippen LogP contribution in [-0.4, -0.2) is 24.5 Å². The number of amides is 1. The maximum Gasteiger partial charge on any atom is 0.257 e. The minimum atomic E-state index is -0.904. The van der Waals surface area contributed by atoms with E-state index in [0.29, 0.717) is 17.8 Å². The monoisotopic (exact) mass is 385 g/mol. The van der Waals surface area contributed by atoms with Crippen LogP contribution >= 0.6 is 0 Å². The van der Waals surface area contributed by atoms with Gasteiger partial charge in [-0.2, -0.15) is 0 Å². The molecule has 1 aliphatic heterocycles. The lowest BCUT2D eigenvalue weighted by Crippen LogP contribution is -2.46. The molecule has 1 fully saturated rings. The molecule has 3 aliphatic rings. The predicted octanol–water partition coefficient (Wildman–Crippen LogP) is 4.43. The Balaban J connectivity index is 2.08. The number of carbonyl (C=O) groups is 2. The van der Waals surface area contributed by atoms with E-state index in [0.717, 1.165) is 12.8 Å². The number of methoxy groups -OCH3 is 1. The maximum absolute atomic E-state index is 13.8. The van der Waals surface area contributed by atoms with Crippen molar-refractivity contribution in [1.82, 2.24) is 5.32 Å². The highest BCUT2D eigenvalue weighted by Crippen LogP contribution is 2.52. The average Bonchev–Trinajstić information content (AvgIpc) is 2.94. The second kappa shape index (κ2) is 7.62. The van der Waals surface area contributed by atoms with Crippen LogP contribution in [0.4, 0.5) is 0 Å². The molecular formula is C24H35NO3. The molecule has 4 nitrogen and oxygen atoms in total. The molecule has 3 rings (SSSR count). The van der Waals surface area contributed by atoms with E-state index in [1.807, 2.05) is 6.92 Å². The van der Waals surface area contributed by atoms with Crippen molar-refractivity contribution in [2.75, 3.05) is 7.11 Å². The number of ether oxygens (including phenoxy) is 1. The number of fused-ring (bicyclic) bond motifs is 1. The summed E-state index contributed by atoms with van der Waals surface area (Å²) >= 11 is 0. The molecule has 0 aromatic heterocycles. The number of hydrogen-bond acceptors (Lipinski definition) is 3. The van der Waals surface area contributed by atoms with Gasteiger partial charge in [-0.3, -0.25) is 9.59 Å². The molecule has 4 heteroatoms. The normalized spacial score (nSPS) is 41.1. The van der Waals surface area contributed by atoms with Crippen molar-refractivity contribution in [2.24, 2.45) is 35.5 Å². The molecule has 0 aromatic carbocycles. The first-order valence-electron chi connectivity index (χ1n) is 10.6. The smallest absolute Gasteiger partial charge is 0.257 e. The zero-order valence-corrected chi connectivity index (χ0v) is 18.3. The predicted molar refractivity (Wildman–Crippen MR) is 111 cm³/mol. The molecule has 0 aromatic rings. The Kier molecular flexibility index (Phi) is 5.73. The average molecular weight is 386 g/mol. The van der Waals surface area contributed by atoms with Crippen LogP contribution in [0.3, 0.4) is 0 Å². The fourth-order valence-corrected chi connectivity index (χ4v) is 5.97. The fraction of sp³-hybridized carbons (Fsp3) is 0.667.